The van der Waals surface area contributed by atoms with Gasteiger partial charge in [0, 0.05) is 18.3 Å². The minimum absolute atomic E-state index is 0.118. The molecule has 4 aromatic rings. The van der Waals surface area contributed by atoms with E-state index in [2.05, 4.69) is 20.3 Å². The lowest BCUT2D eigenvalue weighted by Crippen LogP contribution is -2.40. The van der Waals surface area contributed by atoms with E-state index in [0.29, 0.717) is 5.65 Å². The summed E-state index contributed by atoms with van der Waals surface area (Å²) in [5.74, 6) is -0.252. The Hall–Kier alpha value is -2.74. The van der Waals surface area contributed by atoms with E-state index in [1.165, 1.54) is 23.5 Å². The number of hydrogen-bond acceptors (Lipinski definition) is 5. The summed E-state index contributed by atoms with van der Waals surface area (Å²) >= 11 is 1.44. The first-order valence-corrected chi connectivity index (χ1v) is 8.87. The maximum Gasteiger partial charge on any atom is 0.327 e. The first-order valence-electron chi connectivity index (χ1n) is 8.05. The SMILES string of the molecule is O=c1[nH]c2cccnc2n1[C@H]1C[C@H](Nc2nc3ccc(F)cc3s2)C1. The van der Waals surface area contributed by atoms with Gasteiger partial charge in [-0.3, -0.25) is 4.57 Å². The van der Waals surface area contributed by atoms with Gasteiger partial charge in [-0.05, 0) is 43.2 Å². The molecular formula is C17H14FN5OS. The number of imidazole rings is 1. The van der Waals surface area contributed by atoms with Gasteiger partial charge in [0.05, 0.1) is 15.7 Å². The Kier molecular flexibility index (Phi) is 3.14. The molecule has 6 nitrogen and oxygen atoms in total. The standard InChI is InChI=1S/C17H14FN5OS/c18-9-3-4-12-14(6-9)25-16(21-12)20-10-7-11(8-10)23-15-13(22-17(23)24)2-1-5-19-15/h1-6,10-11H,7-8H2,(H,20,21)(H,22,24)/t10-,11-. The van der Waals surface area contributed by atoms with Gasteiger partial charge in [0.25, 0.3) is 0 Å². The van der Waals surface area contributed by atoms with Gasteiger partial charge in [0.2, 0.25) is 0 Å². The quantitative estimate of drug-likeness (QED) is 0.591. The van der Waals surface area contributed by atoms with Gasteiger partial charge in [0.15, 0.2) is 10.8 Å². The number of rotatable bonds is 3. The predicted octanol–water partition coefficient (Wildman–Crippen LogP) is 3.29. The molecule has 0 unspecified atom stereocenters. The second kappa shape index (κ2) is 5.38. The number of halogens is 1. The molecular weight excluding hydrogens is 341 g/mol. The fourth-order valence-electron chi connectivity index (χ4n) is 3.35. The average molecular weight is 355 g/mol. The zero-order chi connectivity index (χ0) is 17.0. The Labute approximate surface area is 145 Å². The third-order valence-electron chi connectivity index (χ3n) is 4.63. The van der Waals surface area contributed by atoms with Gasteiger partial charge in [-0.1, -0.05) is 11.3 Å². The molecule has 1 aromatic carbocycles. The van der Waals surface area contributed by atoms with Crippen LogP contribution in [0.2, 0.25) is 0 Å². The van der Waals surface area contributed by atoms with Crippen LogP contribution in [0.3, 0.4) is 0 Å². The fourth-order valence-corrected chi connectivity index (χ4v) is 4.32. The second-order valence-corrected chi connectivity index (χ2v) is 7.30. The van der Waals surface area contributed by atoms with Crippen LogP contribution >= 0.6 is 11.3 Å². The van der Waals surface area contributed by atoms with Crippen molar-refractivity contribution in [1.29, 1.82) is 0 Å². The van der Waals surface area contributed by atoms with E-state index in [0.717, 1.165) is 33.7 Å². The number of nitrogens with one attached hydrogen (secondary N) is 2. The molecule has 25 heavy (non-hydrogen) atoms. The smallest absolute Gasteiger partial charge is 0.327 e. The van der Waals surface area contributed by atoms with Crippen LogP contribution in [-0.2, 0) is 0 Å². The first kappa shape index (κ1) is 14.6. The van der Waals surface area contributed by atoms with Crippen molar-refractivity contribution in [2.45, 2.75) is 24.9 Å². The van der Waals surface area contributed by atoms with Crippen molar-refractivity contribution >= 4 is 37.8 Å². The summed E-state index contributed by atoms with van der Waals surface area (Å²) in [6, 6.07) is 8.64. The van der Waals surface area contributed by atoms with Crippen LogP contribution in [0, 0.1) is 5.82 Å². The molecule has 3 heterocycles. The highest BCUT2D eigenvalue weighted by atomic mass is 32.1. The number of anilines is 1. The third kappa shape index (κ3) is 2.41. The normalized spacial score (nSPS) is 20.0. The number of aromatic nitrogens is 4. The summed E-state index contributed by atoms with van der Waals surface area (Å²) in [5.41, 5.74) is 2.14. The summed E-state index contributed by atoms with van der Waals surface area (Å²) in [6.45, 7) is 0. The van der Waals surface area contributed by atoms with Gasteiger partial charge in [-0.25, -0.2) is 19.2 Å². The largest absolute Gasteiger partial charge is 0.359 e. The highest BCUT2D eigenvalue weighted by Gasteiger charge is 2.33. The lowest BCUT2D eigenvalue weighted by molar-refractivity contribution is 0.282. The van der Waals surface area contributed by atoms with E-state index in [1.54, 1.807) is 16.8 Å². The lowest BCUT2D eigenvalue weighted by Gasteiger charge is -2.36. The lowest BCUT2D eigenvalue weighted by atomic mass is 9.86. The van der Waals surface area contributed by atoms with Crippen LogP contribution < -0.4 is 11.0 Å². The highest BCUT2D eigenvalue weighted by Crippen LogP contribution is 2.36. The van der Waals surface area contributed by atoms with E-state index in [1.807, 2.05) is 12.1 Å². The number of aromatic amines is 1. The van der Waals surface area contributed by atoms with Crippen LogP contribution in [0.25, 0.3) is 21.4 Å². The Bertz CT molecular complexity index is 1140. The number of H-pyrrole nitrogens is 1. The van der Waals surface area contributed by atoms with Gasteiger partial charge >= 0.3 is 5.69 Å². The zero-order valence-corrected chi connectivity index (χ0v) is 13.9. The third-order valence-corrected chi connectivity index (χ3v) is 5.58. The van der Waals surface area contributed by atoms with E-state index >= 15 is 0 Å². The highest BCUT2D eigenvalue weighted by molar-refractivity contribution is 7.22. The number of thiazole rings is 1. The maximum absolute atomic E-state index is 13.3. The van der Waals surface area contributed by atoms with E-state index < -0.39 is 0 Å². The van der Waals surface area contributed by atoms with E-state index in [4.69, 9.17) is 0 Å². The minimum atomic E-state index is -0.252. The molecule has 3 aromatic heterocycles. The topological polar surface area (TPSA) is 75.6 Å². The Morgan fingerprint density at radius 2 is 2.20 bits per heavy atom. The number of hydrogen-bond donors (Lipinski definition) is 2. The number of fused-ring (bicyclic) bond motifs is 2. The molecule has 1 aliphatic rings. The van der Waals surface area contributed by atoms with Crippen LogP contribution in [-0.4, -0.2) is 25.6 Å². The molecule has 0 atom stereocenters. The molecule has 8 heteroatoms. The molecule has 0 amide bonds. The molecule has 5 rings (SSSR count). The van der Waals surface area contributed by atoms with Crippen LogP contribution in [0.5, 0.6) is 0 Å². The first-order chi connectivity index (χ1) is 12.2. The summed E-state index contributed by atoms with van der Waals surface area (Å²) in [5, 5.41) is 4.17. The average Bonchev–Trinajstić information content (AvgIpc) is 3.10. The van der Waals surface area contributed by atoms with Crippen molar-refractivity contribution < 1.29 is 4.39 Å². The minimum Gasteiger partial charge on any atom is -0.359 e. The van der Waals surface area contributed by atoms with Gasteiger partial charge < -0.3 is 10.3 Å². The predicted molar refractivity (Wildman–Crippen MR) is 95.6 cm³/mol. The summed E-state index contributed by atoms with van der Waals surface area (Å²) in [6.07, 6.45) is 3.35. The summed E-state index contributed by atoms with van der Waals surface area (Å²) < 4.78 is 15.8. The van der Waals surface area contributed by atoms with Crippen LogP contribution in [0.1, 0.15) is 18.9 Å². The molecule has 126 valence electrons. The molecule has 1 saturated carbocycles. The number of pyridine rings is 1. The van der Waals surface area contributed by atoms with Crippen molar-refractivity contribution in [3.05, 3.63) is 52.8 Å². The van der Waals surface area contributed by atoms with Crippen molar-refractivity contribution in [2.75, 3.05) is 5.32 Å². The Morgan fingerprint density at radius 3 is 3.08 bits per heavy atom. The maximum atomic E-state index is 13.3. The zero-order valence-electron chi connectivity index (χ0n) is 13.1. The Morgan fingerprint density at radius 1 is 1.32 bits per heavy atom. The molecule has 2 N–H and O–H groups in total. The van der Waals surface area contributed by atoms with Crippen LogP contribution in [0.15, 0.2) is 41.3 Å². The van der Waals surface area contributed by atoms with Crippen LogP contribution in [0.4, 0.5) is 9.52 Å². The summed E-state index contributed by atoms with van der Waals surface area (Å²) in [7, 11) is 0. The molecule has 0 spiro atoms. The molecule has 0 radical (unpaired) electrons. The van der Waals surface area contributed by atoms with E-state index in [-0.39, 0.29) is 23.6 Å². The molecule has 0 bridgehead atoms. The van der Waals surface area contributed by atoms with Crippen molar-refractivity contribution in [2.24, 2.45) is 0 Å². The van der Waals surface area contributed by atoms with Gasteiger partial charge in [-0.15, -0.1) is 0 Å². The number of nitrogens with zero attached hydrogens (tertiary/aromatic N) is 3. The molecule has 0 saturated heterocycles. The van der Waals surface area contributed by atoms with E-state index in [9.17, 15) is 9.18 Å². The Balaban J connectivity index is 1.34. The molecule has 0 aliphatic heterocycles. The van der Waals surface area contributed by atoms with Crippen molar-refractivity contribution in [3.8, 4) is 0 Å². The van der Waals surface area contributed by atoms with Crippen molar-refractivity contribution in [3.63, 3.8) is 0 Å². The van der Waals surface area contributed by atoms with Gasteiger partial charge in [-0.2, -0.15) is 0 Å². The van der Waals surface area contributed by atoms with Crippen molar-refractivity contribution in [1.82, 2.24) is 19.5 Å². The molecule has 1 aliphatic carbocycles. The monoisotopic (exact) mass is 355 g/mol. The molecule has 1 fully saturated rings. The summed E-state index contributed by atoms with van der Waals surface area (Å²) in [4.78, 5) is 23.8. The fraction of sp³-hybridized carbons (Fsp3) is 0.235. The number of benzene rings is 1. The second-order valence-electron chi connectivity index (χ2n) is 6.27. The van der Waals surface area contributed by atoms with Gasteiger partial charge in [0.1, 0.15) is 5.82 Å².